The van der Waals surface area contributed by atoms with Gasteiger partial charge in [-0.2, -0.15) is 0 Å². The van der Waals surface area contributed by atoms with Crippen LogP contribution in [0.5, 0.6) is 0 Å². The van der Waals surface area contributed by atoms with Gasteiger partial charge < -0.3 is 5.73 Å². The number of allylic oxidation sites excluding steroid dienone is 13. The van der Waals surface area contributed by atoms with E-state index in [1.54, 1.807) is 5.57 Å². The van der Waals surface area contributed by atoms with E-state index in [4.69, 9.17) is 0 Å². The van der Waals surface area contributed by atoms with Gasteiger partial charge in [-0.1, -0.05) is 245 Å². The number of nitrogens with two attached hydrogens (primary N) is 1. The van der Waals surface area contributed by atoms with Crippen molar-refractivity contribution in [3.63, 3.8) is 0 Å². The van der Waals surface area contributed by atoms with Crippen molar-refractivity contribution in [3.8, 4) is 11.1 Å². The molecule has 1 nitrogen and oxygen atoms in total. The topological polar surface area (TPSA) is 26.0 Å². The molecule has 9 rings (SSSR count). The molecule has 0 radical (unpaired) electrons. The summed E-state index contributed by atoms with van der Waals surface area (Å²) in [5.74, 6) is 0.616. The lowest BCUT2D eigenvalue weighted by Crippen LogP contribution is -2.29. The van der Waals surface area contributed by atoms with Gasteiger partial charge >= 0.3 is 0 Å². The zero-order chi connectivity index (χ0) is 44.7. The Kier molecular flexibility index (Phi) is 19.9. The van der Waals surface area contributed by atoms with Crippen LogP contribution in [0.15, 0.2) is 225 Å². The third-order valence-corrected chi connectivity index (χ3v) is 11.5. The Bertz CT molecular complexity index is 2340. The molecule has 4 aliphatic carbocycles. The van der Waals surface area contributed by atoms with Crippen LogP contribution in [0.4, 0.5) is 0 Å². The van der Waals surface area contributed by atoms with Crippen molar-refractivity contribution in [3.05, 3.63) is 264 Å². The maximum absolute atomic E-state index is 4.53. The van der Waals surface area contributed by atoms with Gasteiger partial charge in [0.1, 0.15) is 0 Å². The van der Waals surface area contributed by atoms with Crippen LogP contribution in [0.1, 0.15) is 98.7 Å². The number of rotatable bonds is 5. The molecule has 5 aromatic rings. The van der Waals surface area contributed by atoms with Gasteiger partial charge in [0.05, 0.1) is 5.41 Å². The summed E-state index contributed by atoms with van der Waals surface area (Å²) in [5.41, 5.74) is 21.5. The fourth-order valence-electron chi connectivity index (χ4n) is 8.70. The Hall–Kier alpha value is -6.28. The first-order chi connectivity index (χ1) is 30.6. The molecule has 62 heavy (non-hydrogen) atoms. The van der Waals surface area contributed by atoms with Gasteiger partial charge in [-0.15, -0.1) is 13.2 Å². The van der Waals surface area contributed by atoms with Crippen LogP contribution < -0.4 is 5.73 Å². The van der Waals surface area contributed by atoms with Crippen molar-refractivity contribution < 1.29 is 0 Å². The van der Waals surface area contributed by atoms with Crippen LogP contribution in [-0.2, 0) is 5.41 Å². The number of aryl methyl sites for hydroxylation is 1. The zero-order valence-corrected chi connectivity index (χ0v) is 38.3. The highest BCUT2D eigenvalue weighted by atomic mass is 14.5. The Labute approximate surface area is 375 Å². The number of hydrogen-bond donors (Lipinski definition) is 1. The van der Waals surface area contributed by atoms with Crippen LogP contribution >= 0.6 is 0 Å². The quantitative estimate of drug-likeness (QED) is 0.176. The van der Waals surface area contributed by atoms with Gasteiger partial charge in [0.15, 0.2) is 0 Å². The van der Waals surface area contributed by atoms with Gasteiger partial charge in [0.2, 0.25) is 0 Å². The monoisotopic (exact) mass is 816 g/mol. The smallest absolute Gasteiger partial charge is 0.0713 e. The fourth-order valence-corrected chi connectivity index (χ4v) is 8.70. The van der Waals surface area contributed by atoms with Crippen molar-refractivity contribution >= 4 is 11.6 Å². The van der Waals surface area contributed by atoms with Crippen molar-refractivity contribution in [2.75, 3.05) is 7.05 Å². The Morgan fingerprint density at radius 2 is 1.19 bits per heavy atom. The number of hydrogen-bond acceptors (Lipinski definition) is 1. The molecule has 4 aliphatic rings. The Balaban J connectivity index is 0.000000237. The molecule has 0 fully saturated rings. The summed E-state index contributed by atoms with van der Waals surface area (Å²) in [5, 5.41) is 0. The second-order valence-electron chi connectivity index (χ2n) is 14.8. The van der Waals surface area contributed by atoms with E-state index < -0.39 is 0 Å². The summed E-state index contributed by atoms with van der Waals surface area (Å²) in [6.07, 6.45) is 30.6. The van der Waals surface area contributed by atoms with Crippen molar-refractivity contribution in [1.29, 1.82) is 0 Å². The fraction of sp³-hybridized carbons (Fsp3) is 0.213. The average Bonchev–Trinajstić information content (AvgIpc) is 3.44. The zero-order valence-electron chi connectivity index (χ0n) is 38.3. The van der Waals surface area contributed by atoms with E-state index in [9.17, 15) is 0 Å². The number of fused-ring (bicyclic) bond motifs is 7. The van der Waals surface area contributed by atoms with E-state index in [0.717, 1.165) is 12.0 Å². The van der Waals surface area contributed by atoms with Crippen LogP contribution in [0, 0.1) is 12.8 Å². The molecule has 0 saturated carbocycles. The summed E-state index contributed by atoms with van der Waals surface area (Å²) in [6, 6.07) is 45.9. The van der Waals surface area contributed by atoms with Crippen LogP contribution in [0.3, 0.4) is 0 Å². The molecular formula is C61H69N. The van der Waals surface area contributed by atoms with Gasteiger partial charge in [0, 0.05) is 0 Å². The molecule has 2 N–H and O–H groups in total. The minimum Gasteiger partial charge on any atom is -0.333 e. The highest BCUT2D eigenvalue weighted by molar-refractivity contribution is 5.88. The summed E-state index contributed by atoms with van der Waals surface area (Å²) in [6.45, 7) is 20.7. The first-order valence-electron chi connectivity index (χ1n) is 22.6. The molecular weight excluding hydrogens is 747 g/mol. The van der Waals surface area contributed by atoms with E-state index in [2.05, 4.69) is 227 Å². The summed E-state index contributed by atoms with van der Waals surface area (Å²) in [4.78, 5) is 0. The lowest BCUT2D eigenvalue weighted by Gasteiger charge is -2.35. The van der Waals surface area contributed by atoms with Crippen LogP contribution in [-0.4, -0.2) is 7.05 Å². The molecule has 0 bridgehead atoms. The van der Waals surface area contributed by atoms with Gasteiger partial charge in [-0.25, -0.2) is 0 Å². The molecule has 0 aliphatic heterocycles. The Morgan fingerprint density at radius 1 is 0.629 bits per heavy atom. The second kappa shape index (κ2) is 25.5. The van der Waals surface area contributed by atoms with Gasteiger partial charge in [-0.3, -0.25) is 0 Å². The lowest BCUT2D eigenvalue weighted by atomic mass is 9.66. The molecule has 318 valence electrons. The predicted octanol–water partition coefficient (Wildman–Crippen LogP) is 16.6. The molecule has 1 heteroatoms. The third-order valence-electron chi connectivity index (χ3n) is 11.5. The lowest BCUT2D eigenvalue weighted by molar-refractivity contribution is 0.646. The van der Waals surface area contributed by atoms with E-state index >= 15 is 0 Å². The molecule has 0 amide bonds. The largest absolute Gasteiger partial charge is 0.333 e. The minimum absolute atomic E-state index is 0.328. The minimum atomic E-state index is -0.328. The second-order valence-corrected chi connectivity index (χ2v) is 14.8. The van der Waals surface area contributed by atoms with Gasteiger partial charge in [0.25, 0.3) is 0 Å². The van der Waals surface area contributed by atoms with Crippen molar-refractivity contribution in [2.45, 2.75) is 72.1 Å². The van der Waals surface area contributed by atoms with E-state index in [-0.39, 0.29) is 5.41 Å². The van der Waals surface area contributed by atoms with Crippen molar-refractivity contribution in [2.24, 2.45) is 11.7 Å². The number of benzene rings is 5. The van der Waals surface area contributed by atoms with Gasteiger partial charge in [-0.05, 0) is 108 Å². The van der Waals surface area contributed by atoms with E-state index in [1.807, 2.05) is 27.7 Å². The van der Waals surface area contributed by atoms with E-state index in [0.29, 0.717) is 5.92 Å². The molecule has 1 atom stereocenters. The van der Waals surface area contributed by atoms with Crippen LogP contribution in [0.2, 0.25) is 0 Å². The maximum atomic E-state index is 4.53. The molecule has 5 aromatic carbocycles. The Morgan fingerprint density at radius 3 is 1.82 bits per heavy atom. The SMILES string of the molecule is C=C.C=C1/C=C\C=C/c2ccccc2C12c1ccccc1-c1ccccc12.CC.CC.CN.Cc1ccc(/C(=C\CC2=CC=C(C3C=CC=CCC3)CC2)c2ccccc2)cc1. The maximum Gasteiger partial charge on any atom is 0.0713 e. The standard InChI is InChI=1S/C29H30.C25H18.2C2H6.C2H4.CH5N/c1-23-13-18-28(19-14-23)29(27-11-7-4-8-12-27)22-17-24-15-20-26(21-16-24)25-9-5-2-3-6-10-25;1-18-10-2-3-11-19-12-4-7-15-22(19)25(18)23-16-8-5-13-20(23)21-14-6-9-17-24(21)25;4*1-2/h2-5,7-9,11-15,18-20,22,25H,6,10,16-17,21H2,1H3;2-17H,1H2;2*1-2H3;1-2H2;2H2,1H3/b29-22-;10-2-,11-3-;;;;. The molecule has 0 saturated heterocycles. The normalized spacial score (nSPS) is 17.0. The first-order valence-corrected chi connectivity index (χ1v) is 22.6. The highest BCUT2D eigenvalue weighted by Gasteiger charge is 2.46. The first kappa shape index (κ1) is 48.4. The third kappa shape index (κ3) is 11.1. The van der Waals surface area contributed by atoms with E-state index in [1.165, 1.54) is 93.9 Å². The predicted molar refractivity (Wildman–Crippen MR) is 275 cm³/mol. The van der Waals surface area contributed by atoms with Crippen molar-refractivity contribution in [1.82, 2.24) is 0 Å². The molecule has 1 unspecified atom stereocenters. The summed E-state index contributed by atoms with van der Waals surface area (Å²) < 4.78 is 0. The molecule has 0 aromatic heterocycles. The summed E-state index contributed by atoms with van der Waals surface area (Å²) >= 11 is 0. The van der Waals surface area contributed by atoms with Crippen LogP contribution in [0.25, 0.3) is 22.8 Å². The molecule has 1 spiro atoms. The molecule has 0 heterocycles. The summed E-state index contributed by atoms with van der Waals surface area (Å²) in [7, 11) is 1.50. The average molecular weight is 816 g/mol. The highest BCUT2D eigenvalue weighted by Crippen LogP contribution is 2.57.